The third-order valence-electron chi connectivity index (χ3n) is 7.90. The van der Waals surface area contributed by atoms with Crippen LogP contribution in [0.3, 0.4) is 0 Å². The predicted molar refractivity (Wildman–Crippen MR) is 150 cm³/mol. The van der Waals surface area contributed by atoms with Crippen molar-refractivity contribution in [2.45, 2.75) is 93.3 Å². The molecule has 2 aromatic rings. The van der Waals surface area contributed by atoms with Crippen LogP contribution < -0.4 is 9.47 Å². The van der Waals surface area contributed by atoms with Gasteiger partial charge in [0, 0.05) is 11.8 Å². The fraction of sp³-hybridized carbons (Fsp3) is 0.562. The van der Waals surface area contributed by atoms with E-state index in [0.29, 0.717) is 11.5 Å². The Labute approximate surface area is 232 Å². The van der Waals surface area contributed by atoms with E-state index in [-0.39, 0.29) is 11.9 Å². The number of carbonyl (C=O) groups is 2. The Bertz CT molecular complexity index is 1140. The van der Waals surface area contributed by atoms with Crippen molar-refractivity contribution in [1.29, 1.82) is 0 Å². The van der Waals surface area contributed by atoms with E-state index in [2.05, 4.69) is 0 Å². The average Bonchev–Trinajstić information content (AvgIpc) is 2.87. The van der Waals surface area contributed by atoms with Crippen LogP contribution in [0.5, 0.6) is 11.5 Å². The molecule has 0 aliphatic carbocycles. The molecule has 7 atom stereocenters. The highest BCUT2D eigenvalue weighted by Gasteiger charge is 2.49. The van der Waals surface area contributed by atoms with Gasteiger partial charge in [0.25, 0.3) is 0 Å². The SMILES string of the molecule is Cc1cccc(C)c1OC(=O)[C@@H](C)[C@@H](O)[C@H](C)[C@@H]1OC(C)(C)O[C@@H]([C@@H](C)C(=O)Oc2c(C)cccc2C)[C@H]1C. The van der Waals surface area contributed by atoms with Gasteiger partial charge in [-0.25, -0.2) is 0 Å². The van der Waals surface area contributed by atoms with E-state index in [0.717, 1.165) is 22.3 Å². The first-order valence-electron chi connectivity index (χ1n) is 13.7. The Morgan fingerprint density at radius 1 is 0.795 bits per heavy atom. The molecule has 214 valence electrons. The van der Waals surface area contributed by atoms with Crippen LogP contribution >= 0.6 is 0 Å². The molecule has 2 aromatic carbocycles. The van der Waals surface area contributed by atoms with Gasteiger partial charge >= 0.3 is 11.9 Å². The zero-order chi connectivity index (χ0) is 29.2. The number of esters is 2. The van der Waals surface area contributed by atoms with Gasteiger partial charge in [0.15, 0.2) is 5.79 Å². The third kappa shape index (κ3) is 6.89. The molecule has 0 saturated carbocycles. The smallest absolute Gasteiger partial charge is 0.316 e. The van der Waals surface area contributed by atoms with Gasteiger partial charge in [-0.05, 0) is 77.6 Å². The Balaban J connectivity index is 1.76. The summed E-state index contributed by atoms with van der Waals surface area (Å²) < 4.78 is 24.1. The van der Waals surface area contributed by atoms with E-state index >= 15 is 0 Å². The lowest BCUT2D eigenvalue weighted by atomic mass is 9.78. The summed E-state index contributed by atoms with van der Waals surface area (Å²) in [6.07, 6.45) is -2.05. The summed E-state index contributed by atoms with van der Waals surface area (Å²) in [6, 6.07) is 11.4. The third-order valence-corrected chi connectivity index (χ3v) is 7.90. The molecule has 3 rings (SSSR count). The molecule has 0 spiro atoms. The summed E-state index contributed by atoms with van der Waals surface area (Å²) in [5.41, 5.74) is 3.47. The number of rotatable bonds is 8. The fourth-order valence-corrected chi connectivity index (χ4v) is 5.46. The lowest BCUT2D eigenvalue weighted by Gasteiger charge is -2.49. The number of aryl methyl sites for hydroxylation is 4. The molecule has 0 aromatic heterocycles. The van der Waals surface area contributed by atoms with Crippen molar-refractivity contribution >= 4 is 11.9 Å². The van der Waals surface area contributed by atoms with Crippen LogP contribution in [0.2, 0.25) is 0 Å². The molecule has 1 aliphatic rings. The topological polar surface area (TPSA) is 91.3 Å². The predicted octanol–water partition coefficient (Wildman–Crippen LogP) is 5.86. The van der Waals surface area contributed by atoms with Crippen molar-refractivity contribution in [2.24, 2.45) is 23.7 Å². The largest absolute Gasteiger partial charge is 0.426 e. The summed E-state index contributed by atoms with van der Waals surface area (Å²) in [4.78, 5) is 26.3. The van der Waals surface area contributed by atoms with Gasteiger partial charge in [0.05, 0.1) is 30.1 Å². The van der Waals surface area contributed by atoms with Gasteiger partial charge in [-0.15, -0.1) is 0 Å². The summed E-state index contributed by atoms with van der Waals surface area (Å²) in [5, 5.41) is 11.3. The summed E-state index contributed by atoms with van der Waals surface area (Å²) in [6.45, 7) is 18.4. The van der Waals surface area contributed by atoms with Crippen LogP contribution in [0.1, 0.15) is 63.8 Å². The maximum atomic E-state index is 13.3. The molecule has 1 heterocycles. The minimum atomic E-state index is -1.04. The van der Waals surface area contributed by atoms with E-state index in [1.54, 1.807) is 27.7 Å². The van der Waals surface area contributed by atoms with E-state index < -0.39 is 47.8 Å². The number of para-hydroxylation sites is 2. The second-order valence-electron chi connectivity index (χ2n) is 11.6. The highest BCUT2D eigenvalue weighted by molar-refractivity contribution is 5.77. The van der Waals surface area contributed by atoms with Crippen molar-refractivity contribution in [2.75, 3.05) is 0 Å². The highest BCUT2D eigenvalue weighted by Crippen LogP contribution is 2.40. The zero-order valence-corrected chi connectivity index (χ0v) is 24.9. The van der Waals surface area contributed by atoms with Gasteiger partial charge in [-0.1, -0.05) is 50.2 Å². The Morgan fingerprint density at radius 3 is 1.67 bits per heavy atom. The highest BCUT2D eigenvalue weighted by atomic mass is 16.7. The molecule has 1 N–H and O–H groups in total. The van der Waals surface area contributed by atoms with Crippen molar-refractivity contribution in [3.8, 4) is 11.5 Å². The molecule has 0 bridgehead atoms. The van der Waals surface area contributed by atoms with Crippen LogP contribution in [-0.2, 0) is 19.1 Å². The summed E-state index contributed by atoms with van der Waals surface area (Å²) >= 11 is 0. The second kappa shape index (κ2) is 12.2. The Hall–Kier alpha value is -2.74. The number of benzene rings is 2. The quantitative estimate of drug-likeness (QED) is 0.331. The number of carbonyl (C=O) groups excluding carboxylic acids is 2. The lowest BCUT2D eigenvalue weighted by Crippen LogP contribution is -2.57. The van der Waals surface area contributed by atoms with Crippen molar-refractivity contribution in [1.82, 2.24) is 0 Å². The van der Waals surface area contributed by atoms with Gasteiger partial charge in [-0.2, -0.15) is 0 Å². The molecule has 0 unspecified atom stereocenters. The Kier molecular flexibility index (Phi) is 9.63. The van der Waals surface area contributed by atoms with E-state index in [1.165, 1.54) is 0 Å². The van der Waals surface area contributed by atoms with Gasteiger partial charge in [-0.3, -0.25) is 9.59 Å². The van der Waals surface area contributed by atoms with Crippen molar-refractivity contribution < 1.29 is 33.6 Å². The molecule has 1 aliphatic heterocycles. The fourth-order valence-electron chi connectivity index (χ4n) is 5.46. The molecule has 1 saturated heterocycles. The van der Waals surface area contributed by atoms with Crippen LogP contribution in [-0.4, -0.2) is 41.1 Å². The number of aliphatic hydroxyl groups is 1. The second-order valence-corrected chi connectivity index (χ2v) is 11.6. The Morgan fingerprint density at radius 2 is 1.21 bits per heavy atom. The summed E-state index contributed by atoms with van der Waals surface area (Å²) in [5.74, 6) is -2.95. The number of hydrogen-bond acceptors (Lipinski definition) is 7. The maximum absolute atomic E-state index is 13.3. The molecule has 1 fully saturated rings. The van der Waals surface area contributed by atoms with Crippen LogP contribution in [0, 0.1) is 51.4 Å². The van der Waals surface area contributed by atoms with Crippen LogP contribution in [0.15, 0.2) is 36.4 Å². The van der Waals surface area contributed by atoms with E-state index in [9.17, 15) is 14.7 Å². The molecule has 7 heteroatoms. The standard InChI is InChI=1S/C32H44O7/c1-17-13-11-14-18(2)26(17)36-30(34)22(6)25(33)21(5)28-23(7)29(39-32(9,10)38-28)24(8)31(35)37-27-19(3)15-12-16-20(27)4/h11-16,21-25,28-29,33H,1-10H3/t21-,22-,23-,24+,25-,28-,29+/m0/s1. The van der Waals surface area contributed by atoms with E-state index in [4.69, 9.17) is 18.9 Å². The van der Waals surface area contributed by atoms with Gasteiger partial charge < -0.3 is 24.1 Å². The van der Waals surface area contributed by atoms with Crippen LogP contribution in [0.4, 0.5) is 0 Å². The minimum absolute atomic E-state index is 0.273. The van der Waals surface area contributed by atoms with Crippen LogP contribution in [0.25, 0.3) is 0 Å². The first-order valence-corrected chi connectivity index (χ1v) is 13.7. The van der Waals surface area contributed by atoms with Crippen molar-refractivity contribution in [3.63, 3.8) is 0 Å². The maximum Gasteiger partial charge on any atom is 0.316 e. The van der Waals surface area contributed by atoms with E-state index in [1.807, 2.05) is 77.9 Å². The molecule has 39 heavy (non-hydrogen) atoms. The van der Waals surface area contributed by atoms with Gasteiger partial charge in [0.2, 0.25) is 0 Å². The first-order chi connectivity index (χ1) is 18.1. The number of aliphatic hydroxyl groups excluding tert-OH is 1. The average molecular weight is 541 g/mol. The minimum Gasteiger partial charge on any atom is -0.426 e. The molecular formula is C32H44O7. The monoisotopic (exact) mass is 540 g/mol. The molecule has 0 amide bonds. The molecule has 0 radical (unpaired) electrons. The molecular weight excluding hydrogens is 496 g/mol. The number of hydrogen-bond donors (Lipinski definition) is 1. The summed E-state index contributed by atoms with van der Waals surface area (Å²) in [7, 11) is 0. The molecule has 7 nitrogen and oxygen atoms in total. The normalized spacial score (nSPS) is 23.8. The van der Waals surface area contributed by atoms with Crippen molar-refractivity contribution in [3.05, 3.63) is 58.7 Å². The lowest BCUT2D eigenvalue weighted by molar-refractivity contribution is -0.336. The number of ether oxygens (including phenoxy) is 4. The van der Waals surface area contributed by atoms with Gasteiger partial charge in [0.1, 0.15) is 11.5 Å². The zero-order valence-electron chi connectivity index (χ0n) is 24.9. The first kappa shape index (κ1) is 30.8.